The number of hydrogen-bond acceptors (Lipinski definition) is 3. The van der Waals surface area contributed by atoms with Crippen LogP contribution in [-0.4, -0.2) is 12.3 Å². The van der Waals surface area contributed by atoms with Crippen molar-refractivity contribution in [1.82, 2.24) is 0 Å². The first-order valence-corrected chi connectivity index (χ1v) is 5.49. The second kappa shape index (κ2) is 7.43. The van der Waals surface area contributed by atoms with E-state index in [2.05, 4.69) is 17.4 Å². The summed E-state index contributed by atoms with van der Waals surface area (Å²) in [7, 11) is 0. The first-order valence-electron chi connectivity index (χ1n) is 4.21. The van der Waals surface area contributed by atoms with Crippen molar-refractivity contribution in [2.24, 2.45) is 5.73 Å². The highest BCUT2D eigenvalue weighted by atomic mass is 35.5. The van der Waals surface area contributed by atoms with Gasteiger partial charge in [0.1, 0.15) is 6.61 Å². The molecule has 0 aliphatic carbocycles. The van der Waals surface area contributed by atoms with E-state index in [0.717, 1.165) is 11.1 Å². The Kier molecular flexibility index (Phi) is 6.99. The number of hydrogen-bond donors (Lipinski definition) is 2. The Morgan fingerprint density at radius 2 is 2.13 bits per heavy atom. The standard InChI is InChI=1S/C9H10ClNO2.CH4S/c1-6-2-3-8(10)7(4-6)5-13-9(11)12;1-2/h2-4H,5H2,1H3,(H2,11,12);2H,1H3. The van der Waals surface area contributed by atoms with Crippen molar-refractivity contribution in [3.05, 3.63) is 34.3 Å². The summed E-state index contributed by atoms with van der Waals surface area (Å²) in [6.45, 7) is 2.06. The van der Waals surface area contributed by atoms with Crippen LogP contribution in [0, 0.1) is 6.92 Å². The van der Waals surface area contributed by atoms with Crippen LogP contribution in [0.4, 0.5) is 4.79 Å². The van der Waals surface area contributed by atoms with Gasteiger partial charge in [-0.1, -0.05) is 29.3 Å². The third kappa shape index (κ3) is 5.54. The number of carbonyl (C=O) groups is 1. The molecule has 0 saturated heterocycles. The Hall–Kier alpha value is -0.870. The first-order chi connectivity index (χ1) is 7.09. The summed E-state index contributed by atoms with van der Waals surface area (Å²) in [5.41, 5.74) is 6.65. The van der Waals surface area contributed by atoms with Gasteiger partial charge in [0.05, 0.1) is 0 Å². The summed E-state index contributed by atoms with van der Waals surface area (Å²) in [6, 6.07) is 5.50. The molecule has 3 nitrogen and oxygen atoms in total. The van der Waals surface area contributed by atoms with Gasteiger partial charge in [0.2, 0.25) is 0 Å². The van der Waals surface area contributed by atoms with E-state index in [1.807, 2.05) is 19.1 Å². The van der Waals surface area contributed by atoms with Crippen LogP contribution < -0.4 is 5.73 Å². The van der Waals surface area contributed by atoms with E-state index in [4.69, 9.17) is 17.3 Å². The lowest BCUT2D eigenvalue weighted by atomic mass is 10.1. The smallest absolute Gasteiger partial charge is 0.404 e. The molecule has 0 fully saturated rings. The molecule has 15 heavy (non-hydrogen) atoms. The maximum atomic E-state index is 10.3. The second-order valence-electron chi connectivity index (χ2n) is 2.70. The number of aryl methyl sites for hydroxylation is 1. The number of thiol groups is 1. The molecule has 0 unspecified atom stereocenters. The summed E-state index contributed by atoms with van der Waals surface area (Å²) < 4.78 is 4.62. The third-order valence-electron chi connectivity index (χ3n) is 1.57. The average molecular weight is 248 g/mol. The van der Waals surface area contributed by atoms with Crippen molar-refractivity contribution in [2.45, 2.75) is 13.5 Å². The van der Waals surface area contributed by atoms with E-state index in [1.165, 1.54) is 0 Å². The highest BCUT2D eigenvalue weighted by Gasteiger charge is 2.02. The van der Waals surface area contributed by atoms with Gasteiger partial charge in [-0.15, -0.1) is 0 Å². The molecule has 0 spiro atoms. The van der Waals surface area contributed by atoms with Crippen LogP contribution in [0.15, 0.2) is 18.2 Å². The quantitative estimate of drug-likeness (QED) is 0.790. The number of nitrogens with two attached hydrogens (primary N) is 1. The molecule has 5 heteroatoms. The fraction of sp³-hybridized carbons (Fsp3) is 0.300. The lowest BCUT2D eigenvalue weighted by Gasteiger charge is -2.04. The van der Waals surface area contributed by atoms with Crippen molar-refractivity contribution < 1.29 is 9.53 Å². The van der Waals surface area contributed by atoms with Crippen LogP contribution >= 0.6 is 24.2 Å². The van der Waals surface area contributed by atoms with Gasteiger partial charge in [0.15, 0.2) is 0 Å². The predicted octanol–water partition coefficient (Wildman–Crippen LogP) is 2.79. The highest BCUT2D eigenvalue weighted by Crippen LogP contribution is 2.17. The summed E-state index contributed by atoms with van der Waals surface area (Å²) in [6.07, 6.45) is 0.901. The zero-order chi connectivity index (χ0) is 11.8. The molecule has 1 aromatic rings. The van der Waals surface area contributed by atoms with E-state index in [1.54, 1.807) is 12.3 Å². The molecule has 0 bridgehead atoms. The van der Waals surface area contributed by atoms with Gasteiger partial charge in [-0.2, -0.15) is 12.6 Å². The van der Waals surface area contributed by atoms with E-state index < -0.39 is 6.09 Å². The van der Waals surface area contributed by atoms with E-state index in [-0.39, 0.29) is 6.61 Å². The van der Waals surface area contributed by atoms with Gasteiger partial charge in [-0.3, -0.25) is 0 Å². The fourth-order valence-corrected chi connectivity index (χ4v) is 1.14. The van der Waals surface area contributed by atoms with E-state index in [9.17, 15) is 4.79 Å². The number of ether oxygens (including phenoxy) is 1. The van der Waals surface area contributed by atoms with Crippen molar-refractivity contribution in [3.63, 3.8) is 0 Å². The van der Waals surface area contributed by atoms with Crippen molar-refractivity contribution in [1.29, 1.82) is 0 Å². The number of rotatable bonds is 2. The minimum absolute atomic E-state index is 0.121. The van der Waals surface area contributed by atoms with Crippen LogP contribution in [0.5, 0.6) is 0 Å². The molecule has 0 saturated carbocycles. The monoisotopic (exact) mass is 247 g/mol. The topological polar surface area (TPSA) is 52.3 Å². The Morgan fingerprint density at radius 3 is 2.67 bits per heavy atom. The van der Waals surface area contributed by atoms with Crippen LogP contribution in [-0.2, 0) is 11.3 Å². The summed E-state index contributed by atoms with van der Waals surface area (Å²) >= 11 is 9.38. The molecule has 84 valence electrons. The van der Waals surface area contributed by atoms with Gasteiger partial charge in [-0.05, 0) is 19.2 Å². The van der Waals surface area contributed by atoms with Gasteiger partial charge >= 0.3 is 6.09 Å². The lowest BCUT2D eigenvalue weighted by molar-refractivity contribution is 0.150. The predicted molar refractivity (Wildman–Crippen MR) is 65.5 cm³/mol. The molecule has 0 radical (unpaired) electrons. The summed E-state index contributed by atoms with van der Waals surface area (Å²) in [5, 5.41) is 0.576. The molecule has 2 N–H and O–H groups in total. The van der Waals surface area contributed by atoms with Crippen LogP contribution in [0.2, 0.25) is 5.02 Å². The second-order valence-corrected chi connectivity index (χ2v) is 3.11. The van der Waals surface area contributed by atoms with Gasteiger partial charge in [-0.25, -0.2) is 4.79 Å². The molecule has 0 atom stereocenters. The molecular formula is C10H14ClNO2S. The molecule has 1 rings (SSSR count). The minimum atomic E-state index is -0.794. The Bertz CT molecular complexity index is 331. The summed E-state index contributed by atoms with van der Waals surface area (Å²) in [5.74, 6) is 0. The largest absolute Gasteiger partial charge is 0.445 e. The Morgan fingerprint density at radius 1 is 1.53 bits per heavy atom. The van der Waals surface area contributed by atoms with Gasteiger partial charge < -0.3 is 10.5 Å². The molecule has 0 aromatic heterocycles. The molecule has 1 amide bonds. The Balaban J connectivity index is 0.000000921. The van der Waals surface area contributed by atoms with Crippen LogP contribution in [0.25, 0.3) is 0 Å². The van der Waals surface area contributed by atoms with E-state index in [0.29, 0.717) is 5.02 Å². The van der Waals surface area contributed by atoms with Crippen molar-refractivity contribution >= 4 is 30.3 Å². The zero-order valence-electron chi connectivity index (χ0n) is 8.66. The van der Waals surface area contributed by atoms with Gasteiger partial charge in [0, 0.05) is 10.6 Å². The SMILES string of the molecule is CS.Cc1ccc(Cl)c(COC(N)=O)c1. The molecule has 0 aliphatic heterocycles. The third-order valence-corrected chi connectivity index (χ3v) is 1.94. The maximum Gasteiger partial charge on any atom is 0.404 e. The number of benzene rings is 1. The number of carbonyl (C=O) groups excluding carboxylic acids is 1. The first kappa shape index (κ1) is 14.1. The average Bonchev–Trinajstić information content (AvgIpc) is 2.22. The van der Waals surface area contributed by atoms with Gasteiger partial charge in [0.25, 0.3) is 0 Å². The molecule has 0 aliphatic rings. The maximum absolute atomic E-state index is 10.3. The van der Waals surface area contributed by atoms with Crippen LogP contribution in [0.1, 0.15) is 11.1 Å². The molecule has 1 aromatic carbocycles. The highest BCUT2D eigenvalue weighted by molar-refractivity contribution is 7.79. The fourth-order valence-electron chi connectivity index (χ4n) is 0.963. The molecular weight excluding hydrogens is 234 g/mol. The van der Waals surface area contributed by atoms with E-state index >= 15 is 0 Å². The normalized spacial score (nSPS) is 8.80. The number of halogens is 1. The van der Waals surface area contributed by atoms with Crippen molar-refractivity contribution in [3.8, 4) is 0 Å². The lowest BCUT2D eigenvalue weighted by Crippen LogP contribution is -2.12. The number of primary amides is 1. The summed E-state index contributed by atoms with van der Waals surface area (Å²) in [4.78, 5) is 10.3. The number of amides is 1. The zero-order valence-corrected chi connectivity index (χ0v) is 10.3. The molecule has 0 heterocycles. The minimum Gasteiger partial charge on any atom is -0.445 e. The Labute approximate surface area is 100.0 Å². The van der Waals surface area contributed by atoms with Crippen LogP contribution in [0.3, 0.4) is 0 Å². The van der Waals surface area contributed by atoms with Crippen molar-refractivity contribution in [2.75, 3.05) is 6.26 Å².